The van der Waals surface area contributed by atoms with E-state index >= 15 is 0 Å². The average Bonchev–Trinajstić information content (AvgIpc) is 3.30. The van der Waals surface area contributed by atoms with E-state index in [1.807, 2.05) is 0 Å². The number of hydrogen-bond acceptors (Lipinski definition) is 3. The molecule has 0 saturated carbocycles. The number of carbonyl (C=O) groups excluding carboxylic acids is 2. The highest BCUT2D eigenvalue weighted by molar-refractivity contribution is 5.97. The molecule has 0 aliphatic rings. The standard InChI is InChI=1S/C25H24F4N2O3/c1-17(2)31(24(33)19-5-3-6-20(13-19)25(27,28)29)16-23(32)30(15-22-7-4-12-34-22)14-18-8-10-21(26)11-9-18/h3-13,17H,14-16H2,1-2H3. The number of rotatable bonds is 8. The highest BCUT2D eigenvalue weighted by Crippen LogP contribution is 2.30. The Labute approximate surface area is 194 Å². The van der Waals surface area contributed by atoms with E-state index in [9.17, 15) is 27.2 Å². The van der Waals surface area contributed by atoms with Crippen LogP contribution in [0.2, 0.25) is 0 Å². The van der Waals surface area contributed by atoms with Crippen molar-refractivity contribution in [3.63, 3.8) is 0 Å². The van der Waals surface area contributed by atoms with Crippen LogP contribution in [0, 0.1) is 5.82 Å². The zero-order chi connectivity index (χ0) is 24.9. The van der Waals surface area contributed by atoms with Gasteiger partial charge in [0.15, 0.2) is 0 Å². The summed E-state index contributed by atoms with van der Waals surface area (Å²) in [6.07, 6.45) is -3.13. The Bertz CT molecular complexity index is 1110. The van der Waals surface area contributed by atoms with Gasteiger partial charge in [-0.25, -0.2) is 4.39 Å². The molecule has 0 N–H and O–H groups in total. The van der Waals surface area contributed by atoms with E-state index in [0.717, 1.165) is 18.2 Å². The molecule has 0 aliphatic carbocycles. The van der Waals surface area contributed by atoms with Crippen LogP contribution in [0.4, 0.5) is 17.6 Å². The van der Waals surface area contributed by atoms with Gasteiger partial charge in [0.25, 0.3) is 5.91 Å². The fourth-order valence-electron chi connectivity index (χ4n) is 3.36. The van der Waals surface area contributed by atoms with Gasteiger partial charge in [-0.2, -0.15) is 13.2 Å². The number of benzene rings is 2. The minimum atomic E-state index is -4.59. The zero-order valence-electron chi connectivity index (χ0n) is 18.7. The van der Waals surface area contributed by atoms with Crippen LogP contribution in [0.5, 0.6) is 0 Å². The second-order valence-corrected chi connectivity index (χ2v) is 8.06. The van der Waals surface area contributed by atoms with Gasteiger partial charge in [-0.3, -0.25) is 9.59 Å². The molecule has 0 atom stereocenters. The summed E-state index contributed by atoms with van der Waals surface area (Å²) in [6.45, 7) is 3.23. The van der Waals surface area contributed by atoms with Gasteiger partial charge >= 0.3 is 6.18 Å². The summed E-state index contributed by atoms with van der Waals surface area (Å²) in [5.41, 5.74) is -0.432. The summed E-state index contributed by atoms with van der Waals surface area (Å²) in [5.74, 6) is -1.02. The Kier molecular flexibility index (Phi) is 7.75. The van der Waals surface area contributed by atoms with Gasteiger partial charge in [-0.05, 0) is 61.9 Å². The molecule has 0 fully saturated rings. The third-order valence-corrected chi connectivity index (χ3v) is 5.19. The number of furan rings is 1. The average molecular weight is 476 g/mol. The van der Waals surface area contributed by atoms with Crippen molar-refractivity contribution >= 4 is 11.8 Å². The Morgan fingerprint density at radius 1 is 0.971 bits per heavy atom. The lowest BCUT2D eigenvalue weighted by atomic mass is 10.1. The van der Waals surface area contributed by atoms with Crippen molar-refractivity contribution in [3.8, 4) is 0 Å². The van der Waals surface area contributed by atoms with Gasteiger partial charge < -0.3 is 14.2 Å². The molecule has 1 aromatic heterocycles. The molecule has 0 radical (unpaired) electrons. The lowest BCUT2D eigenvalue weighted by Gasteiger charge is -2.30. The van der Waals surface area contributed by atoms with Crippen molar-refractivity contribution in [2.24, 2.45) is 0 Å². The fourth-order valence-corrected chi connectivity index (χ4v) is 3.36. The van der Waals surface area contributed by atoms with E-state index in [4.69, 9.17) is 4.42 Å². The first kappa shape index (κ1) is 25.0. The van der Waals surface area contributed by atoms with Gasteiger partial charge in [0, 0.05) is 18.2 Å². The SMILES string of the molecule is CC(C)N(CC(=O)N(Cc1ccc(F)cc1)Cc1ccco1)C(=O)c1cccc(C(F)(F)F)c1. The quantitative estimate of drug-likeness (QED) is 0.403. The van der Waals surface area contributed by atoms with E-state index in [1.54, 1.807) is 38.1 Å². The highest BCUT2D eigenvalue weighted by Gasteiger charge is 2.32. The van der Waals surface area contributed by atoms with Crippen molar-refractivity contribution in [1.82, 2.24) is 9.80 Å². The zero-order valence-corrected chi connectivity index (χ0v) is 18.7. The molecule has 3 aromatic rings. The second kappa shape index (κ2) is 10.5. The molecule has 0 saturated heterocycles. The second-order valence-electron chi connectivity index (χ2n) is 8.06. The van der Waals surface area contributed by atoms with Crippen molar-refractivity contribution < 1.29 is 31.6 Å². The maximum atomic E-state index is 13.3. The van der Waals surface area contributed by atoms with E-state index in [1.165, 1.54) is 34.3 Å². The molecule has 3 rings (SSSR count). The molecule has 1 heterocycles. The van der Waals surface area contributed by atoms with Crippen LogP contribution in [0.3, 0.4) is 0 Å². The lowest BCUT2D eigenvalue weighted by Crippen LogP contribution is -2.45. The molecule has 0 spiro atoms. The highest BCUT2D eigenvalue weighted by atomic mass is 19.4. The molecule has 0 unspecified atom stereocenters. The van der Waals surface area contributed by atoms with Crippen LogP contribution in [-0.4, -0.2) is 34.2 Å². The summed E-state index contributed by atoms with van der Waals surface area (Å²) in [4.78, 5) is 29.0. The van der Waals surface area contributed by atoms with Crippen molar-refractivity contribution in [3.05, 3.63) is 95.2 Å². The van der Waals surface area contributed by atoms with E-state index in [2.05, 4.69) is 0 Å². The molecule has 5 nitrogen and oxygen atoms in total. The molecule has 0 aliphatic heterocycles. The molecule has 2 amide bonds. The van der Waals surface area contributed by atoms with Crippen molar-refractivity contribution in [2.45, 2.75) is 39.2 Å². The Hall–Kier alpha value is -3.62. The van der Waals surface area contributed by atoms with Gasteiger partial charge in [0.2, 0.25) is 5.91 Å². The predicted octanol–water partition coefficient (Wildman–Crippen LogP) is 5.52. The number of amides is 2. The smallest absolute Gasteiger partial charge is 0.416 e. The topological polar surface area (TPSA) is 53.8 Å². The summed E-state index contributed by atoms with van der Waals surface area (Å²) in [6, 6.07) is 12.7. The third kappa shape index (κ3) is 6.46. The van der Waals surface area contributed by atoms with Gasteiger partial charge in [0.1, 0.15) is 18.1 Å². The van der Waals surface area contributed by atoms with E-state index in [-0.39, 0.29) is 25.2 Å². The van der Waals surface area contributed by atoms with Gasteiger partial charge in [-0.15, -0.1) is 0 Å². The number of nitrogens with zero attached hydrogens (tertiary/aromatic N) is 2. The maximum Gasteiger partial charge on any atom is 0.416 e. The van der Waals surface area contributed by atoms with E-state index < -0.39 is 35.4 Å². The number of carbonyl (C=O) groups is 2. The summed E-state index contributed by atoms with van der Waals surface area (Å²) in [5, 5.41) is 0. The monoisotopic (exact) mass is 476 g/mol. The van der Waals surface area contributed by atoms with Gasteiger partial charge in [0.05, 0.1) is 18.4 Å². The summed E-state index contributed by atoms with van der Waals surface area (Å²) >= 11 is 0. The first-order valence-electron chi connectivity index (χ1n) is 10.6. The third-order valence-electron chi connectivity index (χ3n) is 5.19. The van der Waals surface area contributed by atoms with Crippen LogP contribution in [0.25, 0.3) is 0 Å². The van der Waals surface area contributed by atoms with E-state index in [0.29, 0.717) is 11.3 Å². The van der Waals surface area contributed by atoms with Crippen LogP contribution < -0.4 is 0 Å². The van der Waals surface area contributed by atoms with Crippen LogP contribution in [0.1, 0.15) is 41.1 Å². The molecule has 180 valence electrons. The minimum Gasteiger partial charge on any atom is -0.467 e. The summed E-state index contributed by atoms with van der Waals surface area (Å²) in [7, 11) is 0. The van der Waals surface area contributed by atoms with Crippen LogP contribution in [-0.2, 0) is 24.1 Å². The first-order valence-corrected chi connectivity index (χ1v) is 10.6. The Morgan fingerprint density at radius 2 is 1.68 bits per heavy atom. The van der Waals surface area contributed by atoms with Crippen molar-refractivity contribution in [1.29, 1.82) is 0 Å². The van der Waals surface area contributed by atoms with Crippen LogP contribution >= 0.6 is 0 Å². The first-order chi connectivity index (χ1) is 16.0. The minimum absolute atomic E-state index is 0.104. The van der Waals surface area contributed by atoms with Crippen molar-refractivity contribution in [2.75, 3.05) is 6.54 Å². The largest absolute Gasteiger partial charge is 0.467 e. The molecular formula is C25H24F4N2O3. The molecule has 9 heteroatoms. The molecular weight excluding hydrogens is 452 g/mol. The maximum absolute atomic E-state index is 13.3. The molecule has 2 aromatic carbocycles. The Morgan fingerprint density at radius 3 is 2.26 bits per heavy atom. The summed E-state index contributed by atoms with van der Waals surface area (Å²) < 4.78 is 57.9. The van der Waals surface area contributed by atoms with Crippen LogP contribution in [0.15, 0.2) is 71.3 Å². The lowest BCUT2D eigenvalue weighted by molar-refractivity contribution is -0.137. The Balaban J connectivity index is 1.83. The predicted molar refractivity (Wildman–Crippen MR) is 117 cm³/mol. The normalized spacial score (nSPS) is 11.5. The number of alkyl halides is 3. The fraction of sp³-hybridized carbons (Fsp3) is 0.280. The van der Waals surface area contributed by atoms with Gasteiger partial charge in [-0.1, -0.05) is 18.2 Å². The molecule has 34 heavy (non-hydrogen) atoms. The number of halogens is 4. The number of hydrogen-bond donors (Lipinski definition) is 0. The molecule has 0 bridgehead atoms.